The Morgan fingerprint density at radius 1 is 1.06 bits per heavy atom. The molecule has 0 saturated heterocycles. The van der Waals surface area contributed by atoms with E-state index in [-0.39, 0.29) is 0 Å². The minimum atomic E-state index is 0.338. The molecule has 1 aliphatic heterocycles. The Balaban J connectivity index is 2.35. The highest BCUT2D eigenvalue weighted by Gasteiger charge is 2.28. The molecule has 1 aliphatic rings. The molecule has 0 radical (unpaired) electrons. The molecule has 82 valence electrons. The zero-order valence-corrected chi connectivity index (χ0v) is 10.6. The molecule has 0 atom stereocenters. The van der Waals surface area contributed by atoms with Gasteiger partial charge >= 0.3 is 0 Å². The van der Waals surface area contributed by atoms with Crippen LogP contribution in [-0.2, 0) is 5.41 Å². The van der Waals surface area contributed by atoms with E-state index in [1.807, 2.05) is 11.8 Å². The van der Waals surface area contributed by atoms with Crippen molar-refractivity contribution in [2.24, 2.45) is 0 Å². The summed E-state index contributed by atoms with van der Waals surface area (Å²) < 4.78 is 0. The van der Waals surface area contributed by atoms with Crippen molar-refractivity contribution in [3.8, 4) is 0 Å². The molecule has 2 aromatic rings. The molecule has 0 nitrogen and oxygen atoms in total. The van der Waals surface area contributed by atoms with Crippen molar-refractivity contribution in [3.63, 3.8) is 0 Å². The molecule has 2 aromatic carbocycles. The number of thioether (sulfide) groups is 1. The molecule has 3 rings (SSSR count). The first-order valence-corrected chi connectivity index (χ1v) is 6.82. The van der Waals surface area contributed by atoms with Crippen LogP contribution in [0.3, 0.4) is 0 Å². The summed E-state index contributed by atoms with van der Waals surface area (Å²) >= 11 is 2.02. The van der Waals surface area contributed by atoms with E-state index in [0.717, 1.165) is 0 Å². The molecular formula is C15H16S. The van der Waals surface area contributed by atoms with Crippen molar-refractivity contribution in [3.05, 3.63) is 42.0 Å². The fourth-order valence-electron chi connectivity index (χ4n) is 2.47. The van der Waals surface area contributed by atoms with E-state index in [1.54, 1.807) is 0 Å². The zero-order chi connectivity index (χ0) is 11.2. The highest BCUT2D eigenvalue weighted by molar-refractivity contribution is 7.99. The van der Waals surface area contributed by atoms with Crippen molar-refractivity contribution in [2.75, 3.05) is 5.75 Å². The van der Waals surface area contributed by atoms with Crippen molar-refractivity contribution >= 4 is 22.5 Å². The standard InChI is InChI=1S/C15H16S/c1-15(2)9-10-16-14-12-6-4-3-5-11(12)7-8-13(14)15/h3-8H,9-10H2,1-2H3. The van der Waals surface area contributed by atoms with E-state index in [1.165, 1.54) is 33.4 Å². The largest absolute Gasteiger partial charge is 0.125 e. The predicted octanol–water partition coefficient (Wildman–Crippen LogP) is 4.61. The maximum absolute atomic E-state index is 2.36. The first-order valence-electron chi connectivity index (χ1n) is 5.83. The predicted molar refractivity (Wildman–Crippen MR) is 72.3 cm³/mol. The molecule has 1 heteroatoms. The molecule has 0 aliphatic carbocycles. The summed E-state index contributed by atoms with van der Waals surface area (Å²) in [5.41, 5.74) is 1.87. The monoisotopic (exact) mass is 228 g/mol. The average Bonchev–Trinajstić information content (AvgIpc) is 2.28. The summed E-state index contributed by atoms with van der Waals surface area (Å²) in [4.78, 5) is 1.51. The van der Waals surface area contributed by atoms with Gasteiger partial charge in [-0.3, -0.25) is 0 Å². The van der Waals surface area contributed by atoms with Gasteiger partial charge in [-0.2, -0.15) is 0 Å². The molecule has 0 spiro atoms. The highest BCUT2D eigenvalue weighted by Crippen LogP contribution is 2.44. The molecule has 1 heterocycles. The number of fused-ring (bicyclic) bond motifs is 3. The Morgan fingerprint density at radius 2 is 1.88 bits per heavy atom. The summed E-state index contributed by atoms with van der Waals surface area (Å²) in [6.07, 6.45) is 1.28. The lowest BCUT2D eigenvalue weighted by Gasteiger charge is -2.32. The molecular weight excluding hydrogens is 212 g/mol. The van der Waals surface area contributed by atoms with Gasteiger partial charge in [-0.25, -0.2) is 0 Å². The summed E-state index contributed by atoms with van der Waals surface area (Å²) in [5.74, 6) is 1.24. The van der Waals surface area contributed by atoms with Crippen LogP contribution >= 0.6 is 11.8 Å². The van der Waals surface area contributed by atoms with Crippen LogP contribution in [0.15, 0.2) is 41.3 Å². The Labute approximate surface area is 101 Å². The second-order valence-electron chi connectivity index (χ2n) is 5.15. The number of hydrogen-bond acceptors (Lipinski definition) is 1. The van der Waals surface area contributed by atoms with Gasteiger partial charge in [0.2, 0.25) is 0 Å². The van der Waals surface area contributed by atoms with Crippen molar-refractivity contribution in [1.82, 2.24) is 0 Å². The van der Waals surface area contributed by atoms with Crippen LogP contribution in [-0.4, -0.2) is 5.75 Å². The van der Waals surface area contributed by atoms with Crippen molar-refractivity contribution < 1.29 is 0 Å². The van der Waals surface area contributed by atoms with Gasteiger partial charge in [0, 0.05) is 4.90 Å². The summed E-state index contributed by atoms with van der Waals surface area (Å²) in [7, 11) is 0. The lowest BCUT2D eigenvalue weighted by molar-refractivity contribution is 0.495. The molecule has 0 fully saturated rings. The summed E-state index contributed by atoms with van der Waals surface area (Å²) in [6, 6.07) is 13.3. The average molecular weight is 228 g/mol. The van der Waals surface area contributed by atoms with Gasteiger partial charge in [0.05, 0.1) is 0 Å². The van der Waals surface area contributed by atoms with Crippen LogP contribution in [0.5, 0.6) is 0 Å². The molecule has 0 N–H and O–H groups in total. The second-order valence-corrected chi connectivity index (χ2v) is 6.25. The second kappa shape index (κ2) is 3.53. The first-order chi connectivity index (χ1) is 7.68. The topological polar surface area (TPSA) is 0 Å². The van der Waals surface area contributed by atoms with Crippen LogP contribution in [0, 0.1) is 0 Å². The van der Waals surface area contributed by atoms with Gasteiger partial charge in [0.1, 0.15) is 0 Å². The Morgan fingerprint density at radius 3 is 2.75 bits per heavy atom. The van der Waals surface area contributed by atoms with E-state index >= 15 is 0 Å². The van der Waals surface area contributed by atoms with E-state index in [0.29, 0.717) is 5.41 Å². The molecule has 16 heavy (non-hydrogen) atoms. The first kappa shape index (κ1) is 10.2. The van der Waals surface area contributed by atoms with Gasteiger partial charge in [0.15, 0.2) is 0 Å². The van der Waals surface area contributed by atoms with Crippen LogP contribution in [0.2, 0.25) is 0 Å². The van der Waals surface area contributed by atoms with E-state index in [4.69, 9.17) is 0 Å². The molecule has 0 amide bonds. The van der Waals surface area contributed by atoms with Crippen molar-refractivity contribution in [1.29, 1.82) is 0 Å². The zero-order valence-electron chi connectivity index (χ0n) is 9.79. The third-order valence-corrected chi connectivity index (χ3v) is 4.72. The minimum absolute atomic E-state index is 0.338. The molecule has 0 bridgehead atoms. The minimum Gasteiger partial charge on any atom is -0.125 e. The van der Waals surface area contributed by atoms with Gasteiger partial charge in [-0.1, -0.05) is 50.2 Å². The van der Waals surface area contributed by atoms with Crippen molar-refractivity contribution in [2.45, 2.75) is 30.6 Å². The molecule has 0 unspecified atom stereocenters. The maximum Gasteiger partial charge on any atom is 0.0188 e. The molecule has 0 aromatic heterocycles. The maximum atomic E-state index is 2.36. The van der Waals surface area contributed by atoms with E-state index < -0.39 is 0 Å². The smallest absolute Gasteiger partial charge is 0.0188 e. The lowest BCUT2D eigenvalue weighted by Crippen LogP contribution is -2.22. The van der Waals surface area contributed by atoms with E-state index in [2.05, 4.69) is 50.2 Å². The van der Waals surface area contributed by atoms with Crippen LogP contribution in [0.25, 0.3) is 10.8 Å². The third kappa shape index (κ3) is 1.46. The van der Waals surface area contributed by atoms with Gasteiger partial charge < -0.3 is 0 Å². The highest BCUT2D eigenvalue weighted by atomic mass is 32.2. The van der Waals surface area contributed by atoms with E-state index in [9.17, 15) is 0 Å². The van der Waals surface area contributed by atoms with Gasteiger partial charge in [-0.15, -0.1) is 11.8 Å². The number of hydrogen-bond donors (Lipinski definition) is 0. The quantitative estimate of drug-likeness (QED) is 0.634. The fourth-order valence-corrected chi connectivity index (χ4v) is 4.13. The van der Waals surface area contributed by atoms with Crippen LogP contribution in [0.4, 0.5) is 0 Å². The third-order valence-electron chi connectivity index (χ3n) is 3.58. The van der Waals surface area contributed by atoms with Crippen LogP contribution < -0.4 is 0 Å². The lowest BCUT2D eigenvalue weighted by atomic mass is 9.81. The van der Waals surface area contributed by atoms with Crippen LogP contribution in [0.1, 0.15) is 25.8 Å². The Hall–Kier alpha value is -0.950. The van der Waals surface area contributed by atoms with Gasteiger partial charge in [0.25, 0.3) is 0 Å². The SMILES string of the molecule is CC1(C)CCSc2c1ccc1ccccc21. The van der Waals surface area contributed by atoms with Gasteiger partial charge in [-0.05, 0) is 33.9 Å². The number of rotatable bonds is 0. The Kier molecular flexibility index (Phi) is 2.25. The molecule has 0 saturated carbocycles. The fraction of sp³-hybridized carbons (Fsp3) is 0.333. The summed E-state index contributed by atoms with van der Waals surface area (Å²) in [6.45, 7) is 4.72. The summed E-state index contributed by atoms with van der Waals surface area (Å²) in [5, 5.41) is 2.80. The number of benzene rings is 2. The Bertz CT molecular complexity index is 540. The normalized spacial score (nSPS) is 18.4.